The van der Waals surface area contributed by atoms with Gasteiger partial charge in [0.15, 0.2) is 0 Å². The van der Waals surface area contributed by atoms with Gasteiger partial charge in [-0.2, -0.15) is 0 Å². The number of fused-ring (bicyclic) bond motifs is 3. The normalized spacial score (nSPS) is 11.7. The smallest absolute Gasteiger partial charge is 0.0212 e. The van der Waals surface area contributed by atoms with Crippen LogP contribution in [0.5, 0.6) is 0 Å². The highest BCUT2D eigenvalue weighted by molar-refractivity contribution is 6.07. The van der Waals surface area contributed by atoms with Crippen molar-refractivity contribution in [3.8, 4) is 55.6 Å². The van der Waals surface area contributed by atoms with Crippen molar-refractivity contribution in [2.75, 3.05) is 0 Å². The predicted molar refractivity (Wildman–Crippen MR) is 156 cm³/mol. The molecular weight excluding hydrogens is 444 g/mol. The van der Waals surface area contributed by atoms with Crippen LogP contribution >= 0.6 is 0 Å². The van der Waals surface area contributed by atoms with E-state index in [-0.39, 0.29) is 0 Å². The van der Waals surface area contributed by atoms with Crippen molar-refractivity contribution in [2.45, 2.75) is 0 Å². The summed E-state index contributed by atoms with van der Waals surface area (Å²) in [6.07, 6.45) is 2.35. The molecule has 37 heavy (non-hydrogen) atoms. The van der Waals surface area contributed by atoms with Crippen LogP contribution in [0.4, 0.5) is 0 Å². The summed E-state index contributed by atoms with van der Waals surface area (Å²) in [7, 11) is 0. The van der Waals surface area contributed by atoms with Gasteiger partial charge >= 0.3 is 0 Å². The second kappa shape index (κ2) is 9.08. The Kier molecular flexibility index (Phi) is 5.30. The molecule has 0 unspecified atom stereocenters. The van der Waals surface area contributed by atoms with Gasteiger partial charge in [-0.05, 0) is 66.8 Å². The van der Waals surface area contributed by atoms with Gasteiger partial charge in [-0.3, -0.25) is 0 Å². The summed E-state index contributed by atoms with van der Waals surface area (Å²) in [4.78, 5) is 0. The van der Waals surface area contributed by atoms with E-state index in [9.17, 15) is 0 Å². The van der Waals surface area contributed by atoms with E-state index in [1.165, 1.54) is 66.8 Å². The maximum Gasteiger partial charge on any atom is 0.0212 e. The highest BCUT2D eigenvalue weighted by Crippen LogP contribution is 2.53. The fourth-order valence-electron chi connectivity index (χ4n) is 5.71. The maximum absolute atomic E-state index is 2.35. The van der Waals surface area contributed by atoms with Crippen molar-refractivity contribution >= 4 is 0 Å². The van der Waals surface area contributed by atoms with E-state index < -0.39 is 0 Å². The maximum atomic E-state index is 2.35. The molecule has 0 heteroatoms. The molecule has 0 fully saturated rings. The second-order valence-electron chi connectivity index (χ2n) is 9.51. The van der Waals surface area contributed by atoms with Gasteiger partial charge in [0.05, 0.1) is 0 Å². The van der Waals surface area contributed by atoms with Gasteiger partial charge in [-0.25, -0.2) is 0 Å². The first-order valence-corrected chi connectivity index (χ1v) is 12.8. The Morgan fingerprint density at radius 1 is 0.243 bits per heavy atom. The number of hydrogen-bond acceptors (Lipinski definition) is 0. The van der Waals surface area contributed by atoms with Crippen molar-refractivity contribution in [1.82, 2.24) is 0 Å². The Labute approximate surface area is 218 Å². The molecule has 1 radical (unpaired) electrons. The molecule has 0 saturated heterocycles. The molecule has 173 valence electrons. The molecular formula is C37H25. The standard InChI is InChI=1S/C37H25/c1-5-13-26(14-6-1)32-23-21-30-25-31-22-24-33(27-15-7-2-8-16-27)35(29-19-11-4-12-20-29)37(31)36(30)34(32)28-17-9-3-10-18-28/h1-25H. The molecule has 1 aliphatic carbocycles. The lowest BCUT2D eigenvalue weighted by molar-refractivity contribution is 1.52. The van der Waals surface area contributed by atoms with Gasteiger partial charge in [-0.15, -0.1) is 0 Å². The second-order valence-corrected chi connectivity index (χ2v) is 9.51. The van der Waals surface area contributed by atoms with Crippen molar-refractivity contribution in [1.29, 1.82) is 0 Å². The molecule has 0 saturated carbocycles. The topological polar surface area (TPSA) is 0 Å². The first-order valence-electron chi connectivity index (χ1n) is 12.8. The summed E-state index contributed by atoms with van der Waals surface area (Å²) in [6.45, 7) is 0. The first-order chi connectivity index (χ1) is 18.4. The van der Waals surface area contributed by atoms with Gasteiger partial charge in [0.25, 0.3) is 0 Å². The van der Waals surface area contributed by atoms with E-state index >= 15 is 0 Å². The third kappa shape index (κ3) is 3.70. The minimum absolute atomic E-state index is 1.23. The Morgan fingerprint density at radius 3 is 0.919 bits per heavy atom. The van der Waals surface area contributed by atoms with Gasteiger partial charge in [0.1, 0.15) is 0 Å². The quantitative estimate of drug-likeness (QED) is 0.241. The molecule has 6 aromatic carbocycles. The molecule has 7 rings (SSSR count). The minimum atomic E-state index is 1.23. The summed E-state index contributed by atoms with van der Waals surface area (Å²) >= 11 is 0. The monoisotopic (exact) mass is 469 g/mol. The van der Waals surface area contributed by atoms with Crippen LogP contribution in [0.1, 0.15) is 11.1 Å². The first kappa shape index (κ1) is 21.6. The molecule has 0 spiro atoms. The van der Waals surface area contributed by atoms with Crippen molar-refractivity contribution in [2.24, 2.45) is 0 Å². The molecule has 6 aromatic rings. The number of hydrogen-bond donors (Lipinski definition) is 0. The summed E-state index contributed by atoms with van der Waals surface area (Å²) in [5, 5.41) is 0. The number of benzene rings is 6. The highest BCUT2D eigenvalue weighted by Gasteiger charge is 2.29. The SMILES string of the molecule is [CH]1c2ccc(-c3ccccc3)c(-c3ccccc3)c2-c2c1ccc(-c1ccccc1)c2-c1ccccc1. The van der Waals surface area contributed by atoms with Crippen LogP contribution in [0, 0.1) is 6.42 Å². The summed E-state index contributed by atoms with van der Waals surface area (Å²) < 4.78 is 0. The molecule has 0 nitrogen and oxygen atoms in total. The largest absolute Gasteiger partial charge is 0.0622 e. The van der Waals surface area contributed by atoms with Crippen LogP contribution in [0.15, 0.2) is 146 Å². The van der Waals surface area contributed by atoms with Crippen molar-refractivity contribution in [3.63, 3.8) is 0 Å². The summed E-state index contributed by atoms with van der Waals surface area (Å²) in [5.74, 6) is 0. The van der Waals surface area contributed by atoms with Crippen LogP contribution < -0.4 is 0 Å². The van der Waals surface area contributed by atoms with Crippen LogP contribution in [0.2, 0.25) is 0 Å². The van der Waals surface area contributed by atoms with Crippen LogP contribution in [-0.2, 0) is 0 Å². The van der Waals surface area contributed by atoms with E-state index in [0.717, 1.165) is 0 Å². The Bertz CT molecular complexity index is 1570. The Hall–Kier alpha value is -4.68. The Balaban J connectivity index is 1.61. The fourth-order valence-corrected chi connectivity index (χ4v) is 5.71. The van der Waals surface area contributed by atoms with Gasteiger partial charge in [0.2, 0.25) is 0 Å². The molecule has 0 bridgehead atoms. The molecule has 1 aliphatic rings. The molecule has 0 aromatic heterocycles. The zero-order chi connectivity index (χ0) is 24.6. The van der Waals surface area contributed by atoms with Crippen molar-refractivity contribution < 1.29 is 0 Å². The molecule has 0 N–H and O–H groups in total. The molecule has 0 heterocycles. The average molecular weight is 470 g/mol. The van der Waals surface area contributed by atoms with Gasteiger partial charge < -0.3 is 0 Å². The van der Waals surface area contributed by atoms with Crippen LogP contribution in [-0.4, -0.2) is 0 Å². The number of rotatable bonds is 4. The molecule has 0 amide bonds. The summed E-state index contributed by atoms with van der Waals surface area (Å²) in [5.41, 5.74) is 15.2. The lowest BCUT2D eigenvalue weighted by Gasteiger charge is -2.20. The van der Waals surface area contributed by atoms with Crippen LogP contribution in [0.25, 0.3) is 55.6 Å². The average Bonchev–Trinajstić information content (AvgIpc) is 3.37. The summed E-state index contributed by atoms with van der Waals surface area (Å²) in [6, 6.07) is 52.4. The van der Waals surface area contributed by atoms with Gasteiger partial charge in [-0.1, -0.05) is 146 Å². The molecule has 0 atom stereocenters. The van der Waals surface area contributed by atoms with Crippen molar-refractivity contribution in [3.05, 3.63) is 163 Å². The van der Waals surface area contributed by atoms with Crippen LogP contribution in [0.3, 0.4) is 0 Å². The lowest BCUT2D eigenvalue weighted by atomic mass is 9.82. The third-order valence-corrected chi connectivity index (χ3v) is 7.33. The zero-order valence-corrected chi connectivity index (χ0v) is 20.4. The van der Waals surface area contributed by atoms with E-state index in [4.69, 9.17) is 0 Å². The van der Waals surface area contributed by atoms with E-state index in [0.29, 0.717) is 0 Å². The lowest BCUT2D eigenvalue weighted by Crippen LogP contribution is -1.94. The third-order valence-electron chi connectivity index (χ3n) is 7.33. The van der Waals surface area contributed by atoms with E-state index in [1.54, 1.807) is 0 Å². The Morgan fingerprint density at radius 2 is 0.568 bits per heavy atom. The fraction of sp³-hybridized carbons (Fsp3) is 0. The predicted octanol–water partition coefficient (Wildman–Crippen LogP) is 9.94. The van der Waals surface area contributed by atoms with Gasteiger partial charge in [0, 0.05) is 6.42 Å². The molecule has 0 aliphatic heterocycles. The zero-order valence-electron chi connectivity index (χ0n) is 20.4. The van der Waals surface area contributed by atoms with E-state index in [1.807, 2.05) is 0 Å². The minimum Gasteiger partial charge on any atom is -0.0622 e. The highest BCUT2D eigenvalue weighted by atomic mass is 14.3. The van der Waals surface area contributed by atoms with E-state index in [2.05, 4.69) is 152 Å².